The first-order chi connectivity index (χ1) is 11.1. The van der Waals surface area contributed by atoms with Crippen molar-refractivity contribution >= 4 is 16.0 Å². The largest absolute Gasteiger partial charge is 0.379 e. The highest BCUT2D eigenvalue weighted by Gasteiger charge is 2.26. The minimum atomic E-state index is -3.06. The molecule has 142 valence electrons. The van der Waals surface area contributed by atoms with Gasteiger partial charge in [-0.2, -0.15) is 0 Å². The van der Waals surface area contributed by atoms with Gasteiger partial charge in [0.1, 0.15) is 0 Å². The lowest BCUT2D eigenvalue weighted by atomic mass is 9.89. The number of hydrogen-bond acceptors (Lipinski definition) is 4. The van der Waals surface area contributed by atoms with E-state index in [-0.39, 0.29) is 11.5 Å². The second-order valence-corrected chi connectivity index (χ2v) is 9.51. The normalized spacial score (nSPS) is 20.0. The molecular weight excluding hydrogens is 328 g/mol. The summed E-state index contributed by atoms with van der Waals surface area (Å²) in [5.74, 6) is 1.22. The molecule has 0 saturated carbocycles. The number of hydrogen-bond donors (Lipinski definition) is 2. The number of ether oxygens (including phenoxy) is 1. The Morgan fingerprint density at radius 3 is 2.29 bits per heavy atom. The van der Waals surface area contributed by atoms with Crippen molar-refractivity contribution in [2.75, 3.05) is 46.6 Å². The Kier molecular flexibility index (Phi) is 7.95. The van der Waals surface area contributed by atoms with Crippen LogP contribution in [0.1, 0.15) is 33.6 Å². The maximum absolute atomic E-state index is 11.5. The minimum absolute atomic E-state index is 0.0546. The van der Waals surface area contributed by atoms with E-state index in [1.165, 1.54) is 6.26 Å². The van der Waals surface area contributed by atoms with E-state index in [9.17, 15) is 8.42 Å². The van der Waals surface area contributed by atoms with E-state index in [0.717, 1.165) is 25.3 Å². The molecule has 1 heterocycles. The van der Waals surface area contributed by atoms with Crippen molar-refractivity contribution in [1.29, 1.82) is 0 Å². The SMILES string of the molecule is CN=C(NCC1CCN(S(C)(=O)=O)CC1)NCC(OC)C(C)(C)C. The van der Waals surface area contributed by atoms with Crippen molar-refractivity contribution in [2.24, 2.45) is 16.3 Å². The Morgan fingerprint density at radius 2 is 1.88 bits per heavy atom. The number of aliphatic imine (C=N–C) groups is 1. The summed E-state index contributed by atoms with van der Waals surface area (Å²) < 4.78 is 30.2. The molecule has 0 spiro atoms. The summed E-state index contributed by atoms with van der Waals surface area (Å²) in [7, 11) is 0.419. The fourth-order valence-corrected chi connectivity index (χ4v) is 3.71. The quantitative estimate of drug-likeness (QED) is 0.541. The third-order valence-corrected chi connectivity index (χ3v) is 5.83. The van der Waals surface area contributed by atoms with Gasteiger partial charge in [-0.15, -0.1) is 0 Å². The molecule has 1 atom stereocenters. The molecule has 0 aromatic carbocycles. The van der Waals surface area contributed by atoms with Crippen molar-refractivity contribution in [3.05, 3.63) is 0 Å². The maximum Gasteiger partial charge on any atom is 0.211 e. The Bertz CT molecular complexity index is 506. The van der Waals surface area contributed by atoms with Crippen LogP contribution in [0.25, 0.3) is 0 Å². The molecule has 0 aromatic heterocycles. The van der Waals surface area contributed by atoms with Gasteiger partial charge in [0, 0.05) is 40.3 Å². The second kappa shape index (κ2) is 9.01. The van der Waals surface area contributed by atoms with Crippen LogP contribution in [0.2, 0.25) is 0 Å². The Hall–Kier alpha value is -0.860. The summed E-state index contributed by atoms with van der Waals surface area (Å²) >= 11 is 0. The smallest absolute Gasteiger partial charge is 0.211 e. The van der Waals surface area contributed by atoms with Crippen molar-refractivity contribution in [1.82, 2.24) is 14.9 Å². The predicted octanol–water partition coefficient (Wildman–Crippen LogP) is 0.884. The molecule has 7 nitrogen and oxygen atoms in total. The number of sulfonamides is 1. The fourth-order valence-electron chi connectivity index (χ4n) is 2.84. The zero-order valence-corrected chi connectivity index (χ0v) is 16.7. The van der Waals surface area contributed by atoms with Crippen LogP contribution in [0.5, 0.6) is 0 Å². The molecule has 2 N–H and O–H groups in total. The van der Waals surface area contributed by atoms with Gasteiger partial charge in [0.25, 0.3) is 0 Å². The maximum atomic E-state index is 11.5. The number of nitrogens with zero attached hydrogens (tertiary/aromatic N) is 2. The van der Waals surface area contributed by atoms with E-state index in [1.807, 2.05) is 0 Å². The first kappa shape index (κ1) is 21.2. The van der Waals surface area contributed by atoms with Crippen LogP contribution in [0, 0.1) is 11.3 Å². The van der Waals surface area contributed by atoms with Crippen LogP contribution in [0.15, 0.2) is 4.99 Å². The molecule has 1 aliphatic rings. The van der Waals surface area contributed by atoms with Gasteiger partial charge < -0.3 is 15.4 Å². The molecule has 24 heavy (non-hydrogen) atoms. The van der Waals surface area contributed by atoms with Gasteiger partial charge in [0.05, 0.1) is 12.4 Å². The zero-order valence-electron chi connectivity index (χ0n) is 15.9. The summed E-state index contributed by atoms with van der Waals surface area (Å²) in [5, 5.41) is 6.65. The Morgan fingerprint density at radius 1 is 1.29 bits per heavy atom. The number of piperidine rings is 1. The average molecular weight is 363 g/mol. The molecule has 1 aliphatic heterocycles. The molecule has 8 heteroatoms. The highest BCUT2D eigenvalue weighted by Crippen LogP contribution is 2.21. The summed E-state index contributed by atoms with van der Waals surface area (Å²) in [4.78, 5) is 4.25. The summed E-state index contributed by atoms with van der Waals surface area (Å²) in [6, 6.07) is 0. The lowest BCUT2D eigenvalue weighted by Gasteiger charge is -2.31. The summed E-state index contributed by atoms with van der Waals surface area (Å²) in [5.41, 5.74) is 0.0546. The molecule has 0 amide bonds. The zero-order chi connectivity index (χ0) is 18.4. The first-order valence-electron chi connectivity index (χ1n) is 8.50. The third-order valence-electron chi connectivity index (χ3n) is 4.53. The molecule has 1 rings (SSSR count). The lowest BCUT2D eigenvalue weighted by molar-refractivity contribution is 0.0205. The van der Waals surface area contributed by atoms with Crippen LogP contribution >= 0.6 is 0 Å². The minimum Gasteiger partial charge on any atom is -0.379 e. The van der Waals surface area contributed by atoms with Crippen LogP contribution < -0.4 is 10.6 Å². The third kappa shape index (κ3) is 6.94. The van der Waals surface area contributed by atoms with Crippen molar-refractivity contribution < 1.29 is 13.2 Å². The average Bonchev–Trinajstić information content (AvgIpc) is 2.49. The van der Waals surface area contributed by atoms with Gasteiger partial charge in [0.15, 0.2) is 5.96 Å². The molecule has 0 aliphatic carbocycles. The highest BCUT2D eigenvalue weighted by atomic mass is 32.2. The molecule has 1 saturated heterocycles. The summed E-state index contributed by atoms with van der Waals surface area (Å²) in [6.07, 6.45) is 3.12. The van der Waals surface area contributed by atoms with E-state index in [4.69, 9.17) is 4.74 Å². The van der Waals surface area contributed by atoms with Crippen LogP contribution in [0.4, 0.5) is 0 Å². The van der Waals surface area contributed by atoms with Crippen LogP contribution in [-0.2, 0) is 14.8 Å². The van der Waals surface area contributed by atoms with Gasteiger partial charge in [-0.25, -0.2) is 12.7 Å². The van der Waals surface area contributed by atoms with E-state index < -0.39 is 10.0 Å². The van der Waals surface area contributed by atoms with Gasteiger partial charge in [-0.3, -0.25) is 4.99 Å². The monoisotopic (exact) mass is 362 g/mol. The van der Waals surface area contributed by atoms with Crippen molar-refractivity contribution in [3.8, 4) is 0 Å². The van der Waals surface area contributed by atoms with Crippen LogP contribution in [-0.4, -0.2) is 71.4 Å². The molecule has 0 aromatic rings. The Balaban J connectivity index is 2.38. The molecule has 0 bridgehead atoms. The summed E-state index contributed by atoms with van der Waals surface area (Å²) in [6.45, 7) is 9.13. The number of nitrogens with one attached hydrogen (secondary N) is 2. The van der Waals surface area contributed by atoms with Gasteiger partial charge >= 0.3 is 0 Å². The van der Waals surface area contributed by atoms with E-state index in [2.05, 4.69) is 36.4 Å². The predicted molar refractivity (Wildman–Crippen MR) is 98.8 cm³/mol. The molecule has 0 radical (unpaired) electrons. The topological polar surface area (TPSA) is 83.0 Å². The molecule has 1 unspecified atom stereocenters. The Labute approximate surface area is 147 Å². The number of guanidine groups is 1. The molecular formula is C16H34N4O3S. The first-order valence-corrected chi connectivity index (χ1v) is 10.3. The van der Waals surface area contributed by atoms with Gasteiger partial charge in [-0.05, 0) is 24.2 Å². The van der Waals surface area contributed by atoms with E-state index in [1.54, 1.807) is 18.5 Å². The molecule has 1 fully saturated rings. The number of rotatable bonds is 6. The second-order valence-electron chi connectivity index (χ2n) is 7.53. The van der Waals surface area contributed by atoms with E-state index >= 15 is 0 Å². The van der Waals surface area contributed by atoms with E-state index in [0.29, 0.717) is 25.6 Å². The lowest BCUT2D eigenvalue weighted by Crippen LogP contribution is -2.47. The van der Waals surface area contributed by atoms with Crippen molar-refractivity contribution in [2.45, 2.75) is 39.7 Å². The van der Waals surface area contributed by atoms with Gasteiger partial charge in [-0.1, -0.05) is 20.8 Å². The fraction of sp³-hybridized carbons (Fsp3) is 0.938. The highest BCUT2D eigenvalue weighted by molar-refractivity contribution is 7.88. The van der Waals surface area contributed by atoms with Gasteiger partial charge in [0.2, 0.25) is 10.0 Å². The standard InChI is InChI=1S/C16H34N4O3S/c1-16(2,3)14(23-5)12-19-15(17-4)18-11-13-7-9-20(10-8-13)24(6,21)22/h13-14H,7-12H2,1-6H3,(H2,17,18,19). The van der Waals surface area contributed by atoms with Crippen LogP contribution in [0.3, 0.4) is 0 Å². The number of methoxy groups -OCH3 is 1. The van der Waals surface area contributed by atoms with Crippen molar-refractivity contribution in [3.63, 3.8) is 0 Å².